The van der Waals surface area contributed by atoms with Gasteiger partial charge < -0.3 is 4.74 Å². The molecule has 0 bridgehead atoms. The molecule has 0 unspecified atom stereocenters. The van der Waals surface area contributed by atoms with Gasteiger partial charge in [-0.05, 0) is 6.07 Å². The van der Waals surface area contributed by atoms with Crippen molar-refractivity contribution in [3.63, 3.8) is 0 Å². The second kappa shape index (κ2) is 0.808. The highest BCUT2D eigenvalue weighted by molar-refractivity contribution is 5.52. The summed E-state index contributed by atoms with van der Waals surface area (Å²) in [5.41, 5.74) is 0. The predicted octanol–water partition coefficient (Wildman–Crippen LogP) is 1.59. The smallest absolute Gasteiger partial charge is 0.178 e. The van der Waals surface area contributed by atoms with E-state index in [1.165, 1.54) is 0 Å². The Morgan fingerprint density at radius 2 is 2.57 bits per heavy atom. The van der Waals surface area contributed by atoms with Crippen molar-refractivity contribution in [1.82, 2.24) is 0 Å². The van der Waals surface area contributed by atoms with Gasteiger partial charge in [0, 0.05) is 6.07 Å². The van der Waals surface area contributed by atoms with Gasteiger partial charge in [-0.15, -0.1) is 0 Å². The summed E-state index contributed by atoms with van der Waals surface area (Å²) in [5, 5.41) is 0. The second-order valence-electron chi connectivity index (χ2n) is 1.47. The Morgan fingerprint density at radius 1 is 1.57 bits per heavy atom. The highest BCUT2D eigenvalue weighted by Gasteiger charge is 2.16. The minimum absolute atomic E-state index is 0.905. The van der Waals surface area contributed by atoms with Crippen molar-refractivity contribution in [2.45, 2.75) is 0 Å². The van der Waals surface area contributed by atoms with Crippen LogP contribution < -0.4 is 4.74 Å². The lowest BCUT2D eigenvalue weighted by molar-refractivity contribution is 0.649. The van der Waals surface area contributed by atoms with Crippen LogP contribution in [0.2, 0.25) is 0 Å². The third-order valence-corrected chi connectivity index (χ3v) is 0.952. The number of benzene rings is 1. The summed E-state index contributed by atoms with van der Waals surface area (Å²) < 4.78 is 4.88. The Morgan fingerprint density at radius 3 is 3.14 bits per heavy atom. The molecule has 1 aromatic rings. The summed E-state index contributed by atoms with van der Waals surface area (Å²) in [7, 11) is 0. The summed E-state index contributed by atoms with van der Waals surface area (Å²) >= 11 is 0. The largest absolute Gasteiger partial charge is 0.449 e. The number of hydrogen-bond acceptors (Lipinski definition) is 1. The lowest BCUT2D eigenvalue weighted by atomic mass is 10.4. The monoisotopic (exact) mass is 91.0 g/mol. The first-order valence-electron chi connectivity index (χ1n) is 2.15. The van der Waals surface area contributed by atoms with Crippen molar-refractivity contribution in [3.8, 4) is 11.5 Å². The van der Waals surface area contributed by atoms with Crippen molar-refractivity contribution in [2.75, 3.05) is 0 Å². The van der Waals surface area contributed by atoms with Gasteiger partial charge >= 0.3 is 0 Å². The predicted molar refractivity (Wildman–Crippen MR) is 25.4 cm³/mol. The Labute approximate surface area is 41.5 Å². The Hall–Kier alpha value is -0.980. The molecular weight excluding hydrogens is 88.1 g/mol. The average Bonchev–Trinajstić information content (AvgIpc) is 2.41. The normalized spacial score (nSPS) is 12.0. The first-order valence-corrected chi connectivity index (χ1v) is 2.15. The Balaban J connectivity index is 2.73. The average molecular weight is 91.1 g/mol. The van der Waals surface area contributed by atoms with Crippen LogP contribution in [0, 0.1) is 6.07 Å². The van der Waals surface area contributed by atoms with Gasteiger partial charge in [0.2, 0.25) is 0 Å². The number of para-hydroxylation sites is 1. The van der Waals surface area contributed by atoms with Crippen LogP contribution >= 0.6 is 0 Å². The first kappa shape index (κ1) is 3.08. The van der Waals surface area contributed by atoms with Crippen LogP contribution in [0.4, 0.5) is 0 Å². The van der Waals surface area contributed by atoms with Gasteiger partial charge in [-0.2, -0.15) is 0 Å². The van der Waals surface area contributed by atoms with Gasteiger partial charge in [0.25, 0.3) is 0 Å². The van der Waals surface area contributed by atoms with E-state index in [0.717, 1.165) is 11.5 Å². The molecule has 1 heteroatoms. The van der Waals surface area contributed by atoms with E-state index in [-0.39, 0.29) is 0 Å². The van der Waals surface area contributed by atoms with E-state index in [1.807, 2.05) is 18.2 Å². The summed E-state index contributed by atoms with van der Waals surface area (Å²) in [4.78, 5) is 0. The fourth-order valence-corrected chi connectivity index (χ4v) is 0.554. The van der Waals surface area contributed by atoms with Crippen molar-refractivity contribution < 1.29 is 4.74 Å². The van der Waals surface area contributed by atoms with Gasteiger partial charge in [0.05, 0.1) is 0 Å². The van der Waals surface area contributed by atoms with Gasteiger partial charge in [0.15, 0.2) is 11.5 Å². The van der Waals surface area contributed by atoms with Crippen LogP contribution in [-0.2, 0) is 0 Å². The van der Waals surface area contributed by atoms with Crippen LogP contribution in [0.5, 0.6) is 11.5 Å². The van der Waals surface area contributed by atoms with Crippen molar-refractivity contribution >= 4 is 0 Å². The summed E-state index contributed by atoms with van der Waals surface area (Å²) in [6, 6.07) is 8.57. The zero-order valence-electron chi connectivity index (χ0n) is 3.64. The maximum atomic E-state index is 4.88. The fourth-order valence-electron chi connectivity index (χ4n) is 0.554. The second-order valence-corrected chi connectivity index (χ2v) is 1.47. The van der Waals surface area contributed by atoms with Crippen LogP contribution in [-0.4, -0.2) is 0 Å². The quantitative estimate of drug-likeness (QED) is 0.448. The van der Waals surface area contributed by atoms with Gasteiger partial charge in [-0.3, -0.25) is 0 Å². The lowest BCUT2D eigenvalue weighted by Crippen LogP contribution is -1.39. The molecule has 7 heavy (non-hydrogen) atoms. The van der Waals surface area contributed by atoms with Gasteiger partial charge in [0.1, 0.15) is 0 Å². The van der Waals surface area contributed by atoms with Crippen molar-refractivity contribution in [2.24, 2.45) is 0 Å². The van der Waals surface area contributed by atoms with Crippen LogP contribution in [0.15, 0.2) is 18.2 Å². The number of fused-ring (bicyclic) bond motifs is 1. The van der Waals surface area contributed by atoms with E-state index in [4.69, 9.17) is 4.74 Å². The SMILES string of the molecule is [c]1cccc2c1O2. The third-order valence-electron chi connectivity index (χ3n) is 0.952. The molecule has 1 nitrogen and oxygen atoms in total. The number of rotatable bonds is 0. The highest BCUT2D eigenvalue weighted by atomic mass is 16.6. The highest BCUT2D eigenvalue weighted by Crippen LogP contribution is 2.43. The standard InChI is InChI=1S/C6H3O/c1-2-4-6-5(3-1)7-6/h1-3H. The maximum absolute atomic E-state index is 4.88. The van der Waals surface area contributed by atoms with E-state index >= 15 is 0 Å². The lowest BCUT2D eigenvalue weighted by Gasteiger charge is -1.60. The summed E-state index contributed by atoms with van der Waals surface area (Å²) in [6.07, 6.45) is 0. The van der Waals surface area contributed by atoms with Gasteiger partial charge in [-0.1, -0.05) is 12.1 Å². The molecule has 1 heterocycles. The Kier molecular flexibility index (Phi) is 0.355. The Bertz CT molecular complexity index is 172. The summed E-state index contributed by atoms with van der Waals surface area (Å²) in [6.45, 7) is 0. The fraction of sp³-hybridized carbons (Fsp3) is 0. The van der Waals surface area contributed by atoms with Crippen LogP contribution in [0.1, 0.15) is 0 Å². The molecule has 2 rings (SSSR count). The molecule has 0 atom stereocenters. The molecule has 1 aliphatic rings. The van der Waals surface area contributed by atoms with E-state index in [9.17, 15) is 0 Å². The molecular formula is C6H3O. The van der Waals surface area contributed by atoms with Crippen molar-refractivity contribution in [1.29, 1.82) is 0 Å². The molecule has 0 aromatic heterocycles. The molecule has 0 amide bonds. The minimum Gasteiger partial charge on any atom is -0.449 e. The van der Waals surface area contributed by atoms with Gasteiger partial charge in [-0.25, -0.2) is 0 Å². The molecule has 0 spiro atoms. The maximum Gasteiger partial charge on any atom is 0.178 e. The van der Waals surface area contributed by atoms with Crippen LogP contribution in [0.25, 0.3) is 0 Å². The number of hydrogen-bond donors (Lipinski definition) is 0. The molecule has 0 saturated heterocycles. The topological polar surface area (TPSA) is 12.5 Å². The van der Waals surface area contributed by atoms with Crippen LogP contribution in [0.3, 0.4) is 0 Å². The van der Waals surface area contributed by atoms with Crippen molar-refractivity contribution in [3.05, 3.63) is 24.3 Å². The zero-order valence-corrected chi connectivity index (χ0v) is 3.64. The number of ether oxygens (including phenoxy) is 1. The summed E-state index contributed by atoms with van der Waals surface area (Å²) in [5.74, 6) is 1.88. The molecule has 0 N–H and O–H groups in total. The molecule has 33 valence electrons. The minimum atomic E-state index is 0.905. The van der Waals surface area contributed by atoms with E-state index in [0.29, 0.717) is 0 Å². The third kappa shape index (κ3) is 0.317. The molecule has 0 fully saturated rings. The zero-order chi connectivity index (χ0) is 4.69. The molecule has 0 saturated carbocycles. The van der Waals surface area contributed by atoms with E-state index < -0.39 is 0 Å². The molecule has 0 aliphatic carbocycles. The van der Waals surface area contributed by atoms with E-state index in [1.54, 1.807) is 0 Å². The van der Waals surface area contributed by atoms with E-state index in [2.05, 4.69) is 6.07 Å². The molecule has 1 aliphatic heterocycles. The molecule has 1 radical (unpaired) electrons. The first-order chi connectivity index (χ1) is 3.47. The molecule has 1 aromatic carbocycles.